The second-order valence-electron chi connectivity index (χ2n) is 7.88. The Balaban J connectivity index is 4.64. The summed E-state index contributed by atoms with van der Waals surface area (Å²) < 4.78 is 0. The molecule has 0 spiro atoms. The maximum Gasteiger partial charge on any atom is 0.303 e. The van der Waals surface area contributed by atoms with Crippen LogP contribution in [-0.2, 0) is 4.79 Å². The number of aliphatic hydroxyl groups is 4. The minimum Gasteiger partial charge on any atom is -0.481 e. The van der Waals surface area contributed by atoms with Crippen LogP contribution in [0.1, 0.15) is 78.1 Å². The van der Waals surface area contributed by atoms with Gasteiger partial charge in [0.1, 0.15) is 0 Å². The molecule has 0 aliphatic heterocycles. The van der Waals surface area contributed by atoms with Gasteiger partial charge in [-0.2, -0.15) is 0 Å². The Morgan fingerprint density at radius 3 is 2.33 bits per heavy atom. The Bertz CT molecular complexity index is 494. The van der Waals surface area contributed by atoms with E-state index in [0.717, 1.165) is 50.6 Å². The van der Waals surface area contributed by atoms with Gasteiger partial charge in [-0.05, 0) is 45.1 Å². The molecule has 0 saturated carbocycles. The zero-order chi connectivity index (χ0) is 22.8. The van der Waals surface area contributed by atoms with Gasteiger partial charge in [-0.15, -0.1) is 0 Å². The molecule has 0 radical (unpaired) electrons. The van der Waals surface area contributed by atoms with E-state index >= 15 is 0 Å². The van der Waals surface area contributed by atoms with Crippen LogP contribution in [0.15, 0.2) is 23.8 Å². The Morgan fingerprint density at radius 2 is 1.73 bits per heavy atom. The summed E-state index contributed by atoms with van der Waals surface area (Å²) in [5.74, 6) is -0.782. The van der Waals surface area contributed by atoms with Crippen molar-refractivity contribution in [3.63, 3.8) is 0 Å². The minimum absolute atomic E-state index is 0.155. The summed E-state index contributed by atoms with van der Waals surface area (Å²) in [4.78, 5) is 10.8. The fourth-order valence-corrected chi connectivity index (χ4v) is 3.32. The van der Waals surface area contributed by atoms with Crippen LogP contribution >= 0.6 is 0 Å². The summed E-state index contributed by atoms with van der Waals surface area (Å²) in [7, 11) is 0. The molecule has 0 aromatic carbocycles. The summed E-state index contributed by atoms with van der Waals surface area (Å²) in [6.07, 6.45) is 9.48. The number of carboxylic acid groups (broad SMARTS) is 1. The van der Waals surface area contributed by atoms with Crippen LogP contribution in [0, 0.1) is 0 Å². The maximum absolute atomic E-state index is 10.8. The van der Waals surface area contributed by atoms with Gasteiger partial charge in [0, 0.05) is 12.5 Å². The van der Waals surface area contributed by atoms with E-state index in [1.165, 1.54) is 0 Å². The first kappa shape index (κ1) is 28.8. The summed E-state index contributed by atoms with van der Waals surface area (Å²) in [5, 5.41) is 51.0. The average molecular weight is 430 g/mol. The van der Waals surface area contributed by atoms with Crippen molar-refractivity contribution in [2.45, 2.75) is 102 Å². The second kappa shape index (κ2) is 18.5. The van der Waals surface area contributed by atoms with Gasteiger partial charge in [0.25, 0.3) is 0 Å². The first-order valence-electron chi connectivity index (χ1n) is 11.3. The van der Waals surface area contributed by atoms with E-state index in [2.05, 4.69) is 5.32 Å². The summed E-state index contributed by atoms with van der Waals surface area (Å²) in [6, 6.07) is 0.182. The largest absolute Gasteiger partial charge is 0.481 e. The van der Waals surface area contributed by atoms with Crippen molar-refractivity contribution in [1.29, 1.82) is 0 Å². The molecule has 0 unspecified atom stereocenters. The number of aliphatic carboxylic acids is 1. The average Bonchev–Trinajstić information content (AvgIpc) is 2.72. The first-order chi connectivity index (χ1) is 14.3. The van der Waals surface area contributed by atoms with E-state index in [4.69, 9.17) is 10.2 Å². The third kappa shape index (κ3) is 15.6. The predicted molar refractivity (Wildman–Crippen MR) is 119 cm³/mol. The van der Waals surface area contributed by atoms with Crippen LogP contribution in [0.4, 0.5) is 0 Å². The zero-order valence-electron chi connectivity index (χ0n) is 18.7. The molecule has 0 bridgehead atoms. The van der Waals surface area contributed by atoms with Gasteiger partial charge < -0.3 is 30.8 Å². The molecule has 0 aromatic heterocycles. The van der Waals surface area contributed by atoms with Gasteiger partial charge in [0.15, 0.2) is 0 Å². The molecule has 4 atom stereocenters. The molecule has 0 aliphatic carbocycles. The smallest absolute Gasteiger partial charge is 0.303 e. The molecule has 176 valence electrons. The quantitative estimate of drug-likeness (QED) is 0.137. The molecule has 30 heavy (non-hydrogen) atoms. The van der Waals surface area contributed by atoms with Gasteiger partial charge in [0.2, 0.25) is 0 Å². The van der Waals surface area contributed by atoms with Crippen LogP contribution in [-0.4, -0.2) is 69.0 Å². The second-order valence-corrected chi connectivity index (χ2v) is 7.88. The molecule has 0 aliphatic rings. The molecule has 0 saturated heterocycles. The van der Waals surface area contributed by atoms with Gasteiger partial charge in [0.05, 0.1) is 24.9 Å². The van der Waals surface area contributed by atoms with Crippen molar-refractivity contribution in [2.24, 2.45) is 0 Å². The standard InChI is InChI=1S/C23H43NO6/c1-3-5-12-21(27)22(28)13-8-10-18(16-20(26)17-25)9-6-7-11-19(24-4-2)14-15-23(29)30/h8,10,13,19-22,24-28H,3-7,9,11-12,14-17H2,1-2H3,(H,29,30)/b13-8+,18-10-/t19-,20+,21+,22-/m1/s1. The van der Waals surface area contributed by atoms with Gasteiger partial charge >= 0.3 is 5.97 Å². The highest BCUT2D eigenvalue weighted by Gasteiger charge is 2.13. The van der Waals surface area contributed by atoms with E-state index < -0.39 is 24.3 Å². The molecular weight excluding hydrogens is 386 g/mol. The Kier molecular flexibility index (Phi) is 17.7. The third-order valence-corrected chi connectivity index (χ3v) is 5.10. The number of aliphatic hydroxyl groups excluding tert-OH is 4. The van der Waals surface area contributed by atoms with Gasteiger partial charge in [-0.3, -0.25) is 4.79 Å². The fraction of sp³-hybridized carbons (Fsp3) is 0.783. The molecular formula is C23H43NO6. The number of nitrogens with one attached hydrogen (secondary N) is 1. The lowest BCUT2D eigenvalue weighted by Crippen LogP contribution is -2.29. The lowest BCUT2D eigenvalue weighted by molar-refractivity contribution is -0.137. The lowest BCUT2D eigenvalue weighted by Gasteiger charge is -2.17. The number of rotatable bonds is 19. The van der Waals surface area contributed by atoms with Crippen molar-refractivity contribution in [2.75, 3.05) is 13.2 Å². The highest BCUT2D eigenvalue weighted by Crippen LogP contribution is 2.17. The molecule has 0 rings (SSSR count). The zero-order valence-corrected chi connectivity index (χ0v) is 18.7. The summed E-state index contributed by atoms with van der Waals surface area (Å²) in [5.41, 5.74) is 0.966. The molecule has 0 fully saturated rings. The number of carbonyl (C=O) groups is 1. The van der Waals surface area contributed by atoms with E-state index in [-0.39, 0.29) is 19.1 Å². The van der Waals surface area contributed by atoms with Crippen LogP contribution in [0.2, 0.25) is 0 Å². The minimum atomic E-state index is -0.924. The van der Waals surface area contributed by atoms with Crippen molar-refractivity contribution in [3.8, 4) is 0 Å². The molecule has 0 amide bonds. The number of hydrogen-bond donors (Lipinski definition) is 6. The van der Waals surface area contributed by atoms with E-state index in [9.17, 15) is 20.1 Å². The number of hydrogen-bond acceptors (Lipinski definition) is 6. The van der Waals surface area contributed by atoms with Gasteiger partial charge in [-0.1, -0.05) is 56.9 Å². The SMILES string of the molecule is CCCC[C@H](O)[C@H](O)/C=C/C=C(/CCCC[C@H](CCC(=O)O)NCC)C[C@H](O)CO. The van der Waals surface area contributed by atoms with Crippen molar-refractivity contribution in [3.05, 3.63) is 23.8 Å². The molecule has 0 heterocycles. The Hall–Kier alpha value is -1.25. The third-order valence-electron chi connectivity index (χ3n) is 5.10. The number of unbranched alkanes of at least 4 members (excludes halogenated alkanes) is 2. The Labute approximate surface area is 181 Å². The van der Waals surface area contributed by atoms with Crippen molar-refractivity contribution >= 4 is 5.97 Å². The van der Waals surface area contributed by atoms with Crippen molar-refractivity contribution < 1.29 is 30.3 Å². The van der Waals surface area contributed by atoms with Crippen LogP contribution < -0.4 is 5.32 Å². The normalized spacial score (nSPS) is 16.5. The van der Waals surface area contributed by atoms with Crippen molar-refractivity contribution in [1.82, 2.24) is 5.32 Å². The highest BCUT2D eigenvalue weighted by molar-refractivity contribution is 5.66. The molecule has 7 heteroatoms. The van der Waals surface area contributed by atoms with Crippen LogP contribution in [0.25, 0.3) is 0 Å². The van der Waals surface area contributed by atoms with Crippen LogP contribution in [0.5, 0.6) is 0 Å². The first-order valence-corrected chi connectivity index (χ1v) is 11.3. The van der Waals surface area contributed by atoms with E-state index in [1.807, 2.05) is 19.9 Å². The lowest BCUT2D eigenvalue weighted by atomic mass is 9.98. The fourth-order valence-electron chi connectivity index (χ4n) is 3.32. The predicted octanol–water partition coefficient (Wildman–Crippen LogP) is 2.53. The number of carboxylic acids is 1. The highest BCUT2D eigenvalue weighted by atomic mass is 16.4. The maximum atomic E-state index is 10.8. The molecule has 0 aromatic rings. The summed E-state index contributed by atoms with van der Waals surface area (Å²) in [6.45, 7) is 4.53. The topological polar surface area (TPSA) is 130 Å². The van der Waals surface area contributed by atoms with Gasteiger partial charge in [-0.25, -0.2) is 0 Å². The van der Waals surface area contributed by atoms with E-state index in [1.54, 1.807) is 12.2 Å². The summed E-state index contributed by atoms with van der Waals surface area (Å²) >= 11 is 0. The number of allylic oxidation sites excluding steroid dienone is 2. The Morgan fingerprint density at radius 1 is 1.00 bits per heavy atom. The molecule has 6 N–H and O–H groups in total. The monoisotopic (exact) mass is 429 g/mol. The van der Waals surface area contributed by atoms with Crippen LogP contribution in [0.3, 0.4) is 0 Å². The molecule has 7 nitrogen and oxygen atoms in total. The van der Waals surface area contributed by atoms with E-state index in [0.29, 0.717) is 19.3 Å².